The van der Waals surface area contributed by atoms with Crippen LogP contribution in [0, 0.1) is 0 Å². The van der Waals surface area contributed by atoms with Crippen molar-refractivity contribution in [3.63, 3.8) is 0 Å². The van der Waals surface area contributed by atoms with Crippen molar-refractivity contribution in [2.75, 3.05) is 0 Å². The summed E-state index contributed by atoms with van der Waals surface area (Å²) in [4.78, 5) is 6.99. The summed E-state index contributed by atoms with van der Waals surface area (Å²) in [6, 6.07) is 6.25. The Balaban J connectivity index is 1.88. The standard InChI is InChI=1S/C15H21ClN2/c1-10(2)18-12-4-3-5-14(18)13(8-12)11-6-7-15(16)17-9-11/h6-7,9-10,12-14H,3-5,8H2,1-2H3/t12-,13+,14+/m1/s1. The van der Waals surface area contributed by atoms with Crippen molar-refractivity contribution in [2.24, 2.45) is 0 Å². The Bertz CT molecular complexity index is 415. The molecule has 3 heterocycles. The van der Waals surface area contributed by atoms with Crippen LogP contribution in [0.5, 0.6) is 0 Å². The summed E-state index contributed by atoms with van der Waals surface area (Å²) >= 11 is 5.89. The molecule has 3 heteroatoms. The van der Waals surface area contributed by atoms with Crippen molar-refractivity contribution < 1.29 is 0 Å². The van der Waals surface area contributed by atoms with E-state index in [1.807, 2.05) is 12.3 Å². The molecular weight excluding hydrogens is 244 g/mol. The predicted octanol–water partition coefficient (Wildman–Crippen LogP) is 3.85. The van der Waals surface area contributed by atoms with Gasteiger partial charge in [0.25, 0.3) is 0 Å². The van der Waals surface area contributed by atoms with Crippen LogP contribution in [0.2, 0.25) is 5.15 Å². The zero-order valence-corrected chi connectivity index (χ0v) is 11.9. The average Bonchev–Trinajstić information content (AvgIpc) is 2.58. The lowest BCUT2D eigenvalue weighted by molar-refractivity contribution is 0.100. The number of halogens is 1. The number of pyridine rings is 1. The van der Waals surface area contributed by atoms with Gasteiger partial charge in [-0.05, 0) is 44.7 Å². The third-order valence-corrected chi connectivity index (χ3v) is 4.83. The number of nitrogens with zero attached hydrogens (tertiary/aromatic N) is 2. The van der Waals surface area contributed by atoms with Gasteiger partial charge in [-0.15, -0.1) is 0 Å². The van der Waals surface area contributed by atoms with Gasteiger partial charge in [0.05, 0.1) is 0 Å². The third-order valence-electron chi connectivity index (χ3n) is 4.61. The Kier molecular flexibility index (Phi) is 3.33. The van der Waals surface area contributed by atoms with Crippen molar-refractivity contribution in [3.8, 4) is 0 Å². The van der Waals surface area contributed by atoms with Gasteiger partial charge in [-0.1, -0.05) is 24.1 Å². The summed E-state index contributed by atoms with van der Waals surface area (Å²) in [5.41, 5.74) is 1.37. The average molecular weight is 265 g/mol. The molecule has 3 rings (SSSR count). The minimum absolute atomic E-state index is 0.598. The number of piperidine rings is 1. The van der Waals surface area contributed by atoms with E-state index in [4.69, 9.17) is 11.6 Å². The van der Waals surface area contributed by atoms with E-state index in [0.717, 1.165) is 6.04 Å². The Morgan fingerprint density at radius 1 is 1.33 bits per heavy atom. The normalized spacial score (nSPS) is 32.1. The van der Waals surface area contributed by atoms with Crippen LogP contribution >= 0.6 is 11.6 Å². The molecule has 0 radical (unpaired) electrons. The van der Waals surface area contributed by atoms with Crippen LogP contribution in [0.25, 0.3) is 0 Å². The van der Waals surface area contributed by atoms with Crippen LogP contribution in [-0.4, -0.2) is 28.0 Å². The molecule has 2 fully saturated rings. The Labute approximate surface area is 114 Å². The highest BCUT2D eigenvalue weighted by atomic mass is 35.5. The van der Waals surface area contributed by atoms with Crippen molar-refractivity contribution in [3.05, 3.63) is 29.0 Å². The molecular formula is C15H21ClN2. The first-order valence-corrected chi connectivity index (χ1v) is 7.43. The molecule has 3 atom stereocenters. The van der Waals surface area contributed by atoms with Crippen LogP contribution < -0.4 is 0 Å². The molecule has 2 nitrogen and oxygen atoms in total. The summed E-state index contributed by atoms with van der Waals surface area (Å²) in [6.07, 6.45) is 7.36. The summed E-state index contributed by atoms with van der Waals surface area (Å²) in [5, 5.41) is 0.598. The smallest absolute Gasteiger partial charge is 0.129 e. The van der Waals surface area contributed by atoms with Gasteiger partial charge in [0.1, 0.15) is 5.15 Å². The molecule has 98 valence electrons. The van der Waals surface area contributed by atoms with E-state index in [9.17, 15) is 0 Å². The zero-order valence-electron chi connectivity index (χ0n) is 11.1. The maximum atomic E-state index is 5.89. The van der Waals surface area contributed by atoms with E-state index in [2.05, 4.69) is 29.8 Å². The predicted molar refractivity (Wildman–Crippen MR) is 75.0 cm³/mol. The second-order valence-corrected chi connectivity index (χ2v) is 6.34. The lowest BCUT2D eigenvalue weighted by atomic mass is 9.91. The van der Waals surface area contributed by atoms with E-state index in [1.54, 1.807) is 0 Å². The van der Waals surface area contributed by atoms with Crippen molar-refractivity contribution in [2.45, 2.75) is 63.6 Å². The number of fused-ring (bicyclic) bond motifs is 2. The fourth-order valence-corrected chi connectivity index (χ4v) is 4.11. The molecule has 0 unspecified atom stereocenters. The molecule has 2 aliphatic rings. The zero-order chi connectivity index (χ0) is 12.7. The molecule has 0 aromatic carbocycles. The molecule has 0 amide bonds. The van der Waals surface area contributed by atoms with Gasteiger partial charge in [-0.25, -0.2) is 4.98 Å². The fraction of sp³-hybridized carbons (Fsp3) is 0.667. The van der Waals surface area contributed by atoms with Gasteiger partial charge in [0, 0.05) is 30.2 Å². The topological polar surface area (TPSA) is 16.1 Å². The maximum Gasteiger partial charge on any atom is 0.129 e. The molecule has 18 heavy (non-hydrogen) atoms. The quantitative estimate of drug-likeness (QED) is 0.755. The van der Waals surface area contributed by atoms with E-state index in [-0.39, 0.29) is 0 Å². The SMILES string of the molecule is CC(C)N1[C@@H]2CCC[C@H]1[C@H](c1ccc(Cl)nc1)C2. The summed E-state index contributed by atoms with van der Waals surface area (Å²) < 4.78 is 0. The number of aromatic nitrogens is 1. The van der Waals surface area contributed by atoms with Crippen LogP contribution in [-0.2, 0) is 0 Å². The molecule has 1 aromatic heterocycles. The second kappa shape index (κ2) is 4.82. The lowest BCUT2D eigenvalue weighted by Crippen LogP contribution is -2.44. The van der Waals surface area contributed by atoms with Gasteiger partial charge in [-0.3, -0.25) is 4.90 Å². The second-order valence-electron chi connectivity index (χ2n) is 5.95. The lowest BCUT2D eigenvalue weighted by Gasteiger charge is -2.38. The first kappa shape index (κ1) is 12.4. The summed E-state index contributed by atoms with van der Waals surface area (Å²) in [5.74, 6) is 0.657. The molecule has 2 saturated heterocycles. The van der Waals surface area contributed by atoms with Crippen LogP contribution in [0.1, 0.15) is 51.0 Å². The van der Waals surface area contributed by atoms with Gasteiger partial charge in [0.15, 0.2) is 0 Å². The Morgan fingerprint density at radius 3 is 2.78 bits per heavy atom. The highest BCUT2D eigenvalue weighted by Gasteiger charge is 2.44. The minimum atomic E-state index is 0.598. The van der Waals surface area contributed by atoms with E-state index in [0.29, 0.717) is 23.2 Å². The van der Waals surface area contributed by atoms with E-state index >= 15 is 0 Å². The van der Waals surface area contributed by atoms with Crippen LogP contribution in [0.4, 0.5) is 0 Å². The molecule has 0 spiro atoms. The van der Waals surface area contributed by atoms with Gasteiger partial charge in [-0.2, -0.15) is 0 Å². The summed E-state index contributed by atoms with van der Waals surface area (Å²) in [7, 11) is 0. The Morgan fingerprint density at radius 2 is 2.17 bits per heavy atom. The highest BCUT2D eigenvalue weighted by molar-refractivity contribution is 6.29. The van der Waals surface area contributed by atoms with Crippen molar-refractivity contribution in [1.82, 2.24) is 9.88 Å². The molecule has 0 aliphatic carbocycles. The Hall–Kier alpha value is -0.600. The molecule has 0 saturated carbocycles. The summed E-state index contributed by atoms with van der Waals surface area (Å²) in [6.45, 7) is 4.65. The van der Waals surface area contributed by atoms with Crippen LogP contribution in [0.3, 0.4) is 0 Å². The van der Waals surface area contributed by atoms with Crippen LogP contribution in [0.15, 0.2) is 18.3 Å². The molecule has 2 bridgehead atoms. The number of hydrogen-bond acceptors (Lipinski definition) is 2. The first-order valence-electron chi connectivity index (χ1n) is 7.05. The highest BCUT2D eigenvalue weighted by Crippen LogP contribution is 2.45. The van der Waals surface area contributed by atoms with E-state index < -0.39 is 0 Å². The third kappa shape index (κ3) is 2.06. The molecule has 0 N–H and O–H groups in total. The van der Waals surface area contributed by atoms with Gasteiger partial charge >= 0.3 is 0 Å². The monoisotopic (exact) mass is 264 g/mol. The minimum Gasteiger partial charge on any atom is -0.294 e. The van der Waals surface area contributed by atoms with E-state index in [1.165, 1.54) is 31.2 Å². The van der Waals surface area contributed by atoms with Crippen molar-refractivity contribution >= 4 is 11.6 Å². The van der Waals surface area contributed by atoms with Gasteiger partial charge < -0.3 is 0 Å². The first-order chi connectivity index (χ1) is 8.66. The van der Waals surface area contributed by atoms with Crippen molar-refractivity contribution in [1.29, 1.82) is 0 Å². The molecule has 2 aliphatic heterocycles. The fourth-order valence-electron chi connectivity index (χ4n) is 4.00. The number of hydrogen-bond donors (Lipinski definition) is 0. The maximum absolute atomic E-state index is 5.89. The van der Waals surface area contributed by atoms with Gasteiger partial charge in [0.2, 0.25) is 0 Å². The number of rotatable bonds is 2. The molecule has 1 aromatic rings. The largest absolute Gasteiger partial charge is 0.294 e.